The number of hydrogen-bond donors (Lipinski definition) is 1. The number of amides is 1. The second kappa shape index (κ2) is 6.79. The van der Waals surface area contributed by atoms with Gasteiger partial charge in [-0.05, 0) is 37.0 Å². The van der Waals surface area contributed by atoms with E-state index >= 15 is 0 Å². The number of nitrogens with one attached hydrogen (secondary N) is 1. The Morgan fingerprint density at radius 2 is 2.11 bits per heavy atom. The number of aromatic nitrogens is 4. The van der Waals surface area contributed by atoms with Crippen LogP contribution in [0.5, 0.6) is 0 Å². The van der Waals surface area contributed by atoms with Crippen LogP contribution in [0.1, 0.15) is 17.7 Å². The molecule has 8 nitrogen and oxygen atoms in total. The smallest absolute Gasteiger partial charge is 0.266 e. The summed E-state index contributed by atoms with van der Waals surface area (Å²) in [4.78, 5) is 40.9. The van der Waals surface area contributed by atoms with Crippen LogP contribution in [0.3, 0.4) is 0 Å². The molecule has 4 rings (SSSR count). The minimum absolute atomic E-state index is 0.0805. The van der Waals surface area contributed by atoms with Gasteiger partial charge in [0.15, 0.2) is 0 Å². The number of benzene rings is 1. The van der Waals surface area contributed by atoms with Crippen molar-refractivity contribution in [2.75, 3.05) is 0 Å². The summed E-state index contributed by atoms with van der Waals surface area (Å²) in [5, 5.41) is 7.71. The van der Waals surface area contributed by atoms with Crippen LogP contribution in [0.4, 0.5) is 0 Å². The molecule has 1 aliphatic carbocycles. The molecule has 1 atom stereocenters. The maximum Gasteiger partial charge on any atom is 0.266 e. The van der Waals surface area contributed by atoms with Crippen LogP contribution >= 0.6 is 0 Å². The average Bonchev–Trinajstić information content (AvgIpc) is 2.65. The molecule has 1 aromatic carbocycles. The summed E-state index contributed by atoms with van der Waals surface area (Å²) in [5.74, 6) is -0.251. The summed E-state index contributed by atoms with van der Waals surface area (Å²) < 4.78 is 2.64. The first-order valence-corrected chi connectivity index (χ1v) is 8.81. The second-order valence-electron chi connectivity index (χ2n) is 6.78. The molecule has 0 spiro atoms. The van der Waals surface area contributed by atoms with Crippen LogP contribution in [0, 0.1) is 0 Å². The summed E-state index contributed by atoms with van der Waals surface area (Å²) in [6, 6.07) is 8.55. The van der Waals surface area contributed by atoms with Crippen molar-refractivity contribution in [1.29, 1.82) is 0 Å². The van der Waals surface area contributed by atoms with E-state index in [1.54, 1.807) is 31.3 Å². The first-order valence-electron chi connectivity index (χ1n) is 8.81. The van der Waals surface area contributed by atoms with E-state index in [0.717, 1.165) is 17.7 Å². The van der Waals surface area contributed by atoms with Crippen LogP contribution in [0.15, 0.2) is 46.2 Å². The van der Waals surface area contributed by atoms with E-state index in [0.29, 0.717) is 23.7 Å². The Morgan fingerprint density at radius 1 is 1.30 bits per heavy atom. The van der Waals surface area contributed by atoms with Crippen molar-refractivity contribution in [3.63, 3.8) is 0 Å². The molecule has 0 radical (unpaired) electrons. The van der Waals surface area contributed by atoms with Gasteiger partial charge in [0, 0.05) is 19.2 Å². The van der Waals surface area contributed by atoms with Gasteiger partial charge in [-0.15, -0.1) is 0 Å². The Labute approximate surface area is 154 Å². The van der Waals surface area contributed by atoms with E-state index in [4.69, 9.17) is 0 Å². The van der Waals surface area contributed by atoms with E-state index < -0.39 is 0 Å². The van der Waals surface area contributed by atoms with Crippen LogP contribution in [-0.4, -0.2) is 31.3 Å². The lowest BCUT2D eigenvalue weighted by molar-refractivity contribution is -0.122. The summed E-state index contributed by atoms with van der Waals surface area (Å²) in [6.07, 6.45) is 3.41. The van der Waals surface area contributed by atoms with Crippen molar-refractivity contribution in [3.05, 3.63) is 68.6 Å². The van der Waals surface area contributed by atoms with Gasteiger partial charge in [-0.2, -0.15) is 5.10 Å². The van der Waals surface area contributed by atoms with Crippen molar-refractivity contribution in [1.82, 2.24) is 24.6 Å². The Hall–Kier alpha value is -3.29. The third-order valence-electron chi connectivity index (χ3n) is 4.86. The van der Waals surface area contributed by atoms with Gasteiger partial charge in [0.2, 0.25) is 5.91 Å². The summed E-state index contributed by atoms with van der Waals surface area (Å²) in [5.41, 5.74) is 1.99. The molecule has 1 N–H and O–H groups in total. The minimum Gasteiger partial charge on any atom is -0.351 e. The molecular weight excluding hydrogens is 346 g/mol. The summed E-state index contributed by atoms with van der Waals surface area (Å²) >= 11 is 0. The zero-order valence-corrected chi connectivity index (χ0v) is 14.9. The van der Waals surface area contributed by atoms with E-state index in [2.05, 4.69) is 15.4 Å². The minimum atomic E-state index is -0.251. The molecule has 27 heavy (non-hydrogen) atoms. The highest BCUT2D eigenvalue weighted by molar-refractivity contribution is 5.79. The third-order valence-corrected chi connectivity index (χ3v) is 4.86. The van der Waals surface area contributed by atoms with E-state index in [1.165, 1.54) is 15.6 Å². The molecule has 3 aromatic rings. The molecule has 0 saturated heterocycles. The summed E-state index contributed by atoms with van der Waals surface area (Å²) in [7, 11) is 1.63. The Morgan fingerprint density at radius 3 is 2.96 bits per heavy atom. The maximum atomic E-state index is 12.5. The van der Waals surface area contributed by atoms with Crippen molar-refractivity contribution >= 4 is 16.8 Å². The molecule has 2 heterocycles. The molecule has 0 unspecified atom stereocenters. The van der Waals surface area contributed by atoms with Gasteiger partial charge in [-0.3, -0.25) is 19.0 Å². The number of carbonyl (C=O) groups excluding carboxylic acids is 1. The topological polar surface area (TPSA) is 98.9 Å². The number of aryl methyl sites for hydroxylation is 2. The molecule has 2 aromatic heterocycles. The highest BCUT2D eigenvalue weighted by Gasteiger charge is 2.22. The lowest BCUT2D eigenvalue weighted by atomic mass is 9.92. The van der Waals surface area contributed by atoms with Gasteiger partial charge in [-0.25, -0.2) is 9.67 Å². The first-order chi connectivity index (χ1) is 13.0. The number of nitrogens with zero attached hydrogens (tertiary/aromatic N) is 4. The van der Waals surface area contributed by atoms with Crippen molar-refractivity contribution in [3.8, 4) is 0 Å². The largest absolute Gasteiger partial charge is 0.351 e. The van der Waals surface area contributed by atoms with Gasteiger partial charge in [-0.1, -0.05) is 12.1 Å². The van der Waals surface area contributed by atoms with Crippen LogP contribution < -0.4 is 16.4 Å². The van der Waals surface area contributed by atoms with E-state index in [-0.39, 0.29) is 29.6 Å². The average molecular weight is 365 g/mol. The fourth-order valence-electron chi connectivity index (χ4n) is 3.46. The number of fused-ring (bicyclic) bond motifs is 2. The monoisotopic (exact) mass is 365 g/mol. The number of para-hydroxylation sites is 1. The highest BCUT2D eigenvalue weighted by Crippen LogP contribution is 2.17. The number of rotatable bonds is 3. The molecule has 0 aliphatic heterocycles. The molecule has 0 fully saturated rings. The molecule has 8 heteroatoms. The zero-order chi connectivity index (χ0) is 19.0. The quantitative estimate of drug-likeness (QED) is 0.713. The Bertz CT molecular complexity index is 1150. The van der Waals surface area contributed by atoms with Crippen LogP contribution in [-0.2, 0) is 31.2 Å². The fourth-order valence-corrected chi connectivity index (χ4v) is 3.46. The Balaban J connectivity index is 1.47. The van der Waals surface area contributed by atoms with Gasteiger partial charge in [0.1, 0.15) is 6.54 Å². The molecule has 1 aliphatic rings. The lowest BCUT2D eigenvalue weighted by Crippen LogP contribution is -2.42. The number of hydrogen-bond acceptors (Lipinski definition) is 5. The molecule has 138 valence electrons. The maximum absolute atomic E-state index is 12.5. The molecule has 0 bridgehead atoms. The predicted octanol–water partition coefficient (Wildman–Crippen LogP) is 0.164. The normalized spacial score (nSPS) is 16.1. The zero-order valence-electron chi connectivity index (χ0n) is 14.9. The van der Waals surface area contributed by atoms with Crippen LogP contribution in [0.2, 0.25) is 0 Å². The van der Waals surface area contributed by atoms with Gasteiger partial charge in [0.25, 0.3) is 11.1 Å². The molecule has 1 amide bonds. The van der Waals surface area contributed by atoms with Crippen molar-refractivity contribution in [2.45, 2.75) is 31.8 Å². The van der Waals surface area contributed by atoms with Gasteiger partial charge < -0.3 is 5.32 Å². The van der Waals surface area contributed by atoms with Crippen molar-refractivity contribution < 1.29 is 4.79 Å². The van der Waals surface area contributed by atoms with Gasteiger partial charge >= 0.3 is 0 Å². The molecule has 0 saturated carbocycles. The SMILES string of the molecule is Cn1nc2c(cc1=O)C[C@H](NC(=O)Cn1cnc3ccccc3c1=O)CC2. The Kier molecular flexibility index (Phi) is 4.31. The molecular formula is C19H19N5O3. The lowest BCUT2D eigenvalue weighted by Gasteiger charge is -2.25. The van der Waals surface area contributed by atoms with E-state index in [1.807, 2.05) is 6.07 Å². The fraction of sp³-hybridized carbons (Fsp3) is 0.316. The standard InChI is InChI=1S/C19H19N5O3/c1-23-18(26)9-12-8-13(6-7-15(12)22-23)21-17(25)10-24-11-20-16-5-3-2-4-14(16)19(24)27/h2-5,9,11,13H,6-8,10H2,1H3,(H,21,25)/t13-/m1/s1. The van der Waals surface area contributed by atoms with E-state index in [9.17, 15) is 14.4 Å². The number of carbonyl (C=O) groups is 1. The third kappa shape index (κ3) is 3.38. The second-order valence-corrected chi connectivity index (χ2v) is 6.78. The highest BCUT2D eigenvalue weighted by atomic mass is 16.2. The van der Waals surface area contributed by atoms with Crippen molar-refractivity contribution in [2.24, 2.45) is 7.05 Å². The van der Waals surface area contributed by atoms with Crippen LogP contribution in [0.25, 0.3) is 10.9 Å². The first kappa shape index (κ1) is 17.1. The summed E-state index contributed by atoms with van der Waals surface area (Å²) in [6.45, 7) is -0.0885. The predicted molar refractivity (Wildman–Crippen MR) is 99.4 cm³/mol. The van der Waals surface area contributed by atoms with Gasteiger partial charge in [0.05, 0.1) is 22.9 Å².